The Morgan fingerprint density at radius 1 is 1.24 bits per heavy atom. The second kappa shape index (κ2) is 6.76. The molecule has 0 spiro atoms. The van der Waals surface area contributed by atoms with Crippen molar-refractivity contribution >= 4 is 11.8 Å². The van der Waals surface area contributed by atoms with E-state index in [0.29, 0.717) is 50.7 Å². The lowest BCUT2D eigenvalue weighted by Gasteiger charge is -2.27. The van der Waals surface area contributed by atoms with Crippen LogP contribution in [0.25, 0.3) is 0 Å². The first-order chi connectivity index (χ1) is 12.2. The van der Waals surface area contributed by atoms with E-state index in [4.69, 9.17) is 13.9 Å². The van der Waals surface area contributed by atoms with Crippen LogP contribution in [0.15, 0.2) is 4.42 Å². The predicted molar refractivity (Wildman–Crippen MR) is 85.9 cm³/mol. The smallest absolute Gasteiger partial charge is 0.309 e. The van der Waals surface area contributed by atoms with Crippen LogP contribution in [0.5, 0.6) is 0 Å². The third-order valence-electron chi connectivity index (χ3n) is 5.19. The molecule has 2 unspecified atom stereocenters. The van der Waals surface area contributed by atoms with Gasteiger partial charge in [-0.05, 0) is 19.3 Å². The summed E-state index contributed by atoms with van der Waals surface area (Å²) in [6, 6.07) is 0. The lowest BCUT2D eigenvalue weighted by Crippen LogP contribution is -2.41. The first-order valence-electron chi connectivity index (χ1n) is 8.86. The fourth-order valence-electron chi connectivity index (χ4n) is 3.69. The van der Waals surface area contributed by atoms with Gasteiger partial charge in [0.15, 0.2) is 0 Å². The highest BCUT2D eigenvalue weighted by Crippen LogP contribution is 2.24. The Kier molecular flexibility index (Phi) is 4.47. The number of hydrogen-bond acceptors (Lipinski definition) is 6. The topological polar surface area (TPSA) is 85.1 Å². The molecule has 0 bridgehead atoms. The summed E-state index contributed by atoms with van der Waals surface area (Å²) in [5, 5.41) is 0. The lowest BCUT2D eigenvalue weighted by atomic mass is 10.1. The van der Waals surface area contributed by atoms with E-state index in [1.807, 2.05) is 0 Å². The maximum atomic E-state index is 12.6. The maximum Gasteiger partial charge on any atom is 0.309 e. The number of likely N-dealkylation sites (tertiary alicyclic amines) is 1. The fraction of sp³-hybridized carbons (Fsp3) is 0.706. The molecule has 4 rings (SSSR count). The molecule has 4 heterocycles. The molecule has 136 valence electrons. The van der Waals surface area contributed by atoms with Crippen molar-refractivity contribution < 1.29 is 23.5 Å². The Morgan fingerprint density at radius 3 is 2.84 bits per heavy atom. The number of fused-ring (bicyclic) bond motifs is 1. The Labute approximate surface area is 146 Å². The van der Waals surface area contributed by atoms with Gasteiger partial charge in [-0.15, -0.1) is 0 Å². The van der Waals surface area contributed by atoms with Gasteiger partial charge < -0.3 is 23.7 Å². The number of hydrogen-bond donors (Lipinski definition) is 0. The SMILES string of the molecule is COC1CCN(C(=O)c2nc3c(o2)CCN(C(=O)C2CCCO2)C3)C1. The second-order valence-electron chi connectivity index (χ2n) is 6.80. The zero-order valence-electron chi connectivity index (χ0n) is 14.4. The number of aromatic nitrogens is 1. The molecular formula is C17H23N3O5. The largest absolute Gasteiger partial charge is 0.437 e. The molecule has 0 saturated carbocycles. The molecule has 1 aromatic rings. The van der Waals surface area contributed by atoms with Gasteiger partial charge in [-0.3, -0.25) is 9.59 Å². The summed E-state index contributed by atoms with van der Waals surface area (Å²) in [6.45, 7) is 2.81. The number of carbonyl (C=O) groups is 2. The molecule has 0 N–H and O–H groups in total. The van der Waals surface area contributed by atoms with Gasteiger partial charge in [0.05, 0.1) is 12.6 Å². The minimum Gasteiger partial charge on any atom is -0.437 e. The molecule has 2 saturated heterocycles. The summed E-state index contributed by atoms with van der Waals surface area (Å²) in [6.07, 6.45) is 2.86. The normalized spacial score (nSPS) is 26.1. The molecule has 8 heteroatoms. The Bertz CT molecular complexity index is 667. The van der Waals surface area contributed by atoms with Gasteiger partial charge in [0.25, 0.3) is 11.8 Å². The predicted octanol–water partition coefficient (Wildman–Crippen LogP) is 0.599. The number of methoxy groups -OCH3 is 1. The van der Waals surface area contributed by atoms with Crippen LogP contribution in [0.1, 0.15) is 41.4 Å². The van der Waals surface area contributed by atoms with Crippen molar-refractivity contribution in [2.24, 2.45) is 0 Å². The lowest BCUT2D eigenvalue weighted by molar-refractivity contribution is -0.142. The van der Waals surface area contributed by atoms with Crippen molar-refractivity contribution in [2.75, 3.05) is 33.4 Å². The minimum atomic E-state index is -0.329. The van der Waals surface area contributed by atoms with Gasteiger partial charge in [-0.25, -0.2) is 4.98 Å². The van der Waals surface area contributed by atoms with E-state index in [1.165, 1.54) is 0 Å². The summed E-state index contributed by atoms with van der Waals surface area (Å²) >= 11 is 0. The third-order valence-corrected chi connectivity index (χ3v) is 5.19. The Hall–Kier alpha value is -1.93. The second-order valence-corrected chi connectivity index (χ2v) is 6.80. The molecule has 25 heavy (non-hydrogen) atoms. The molecule has 2 amide bonds. The summed E-state index contributed by atoms with van der Waals surface area (Å²) in [5.41, 5.74) is 0.684. The van der Waals surface area contributed by atoms with Crippen LogP contribution in [-0.4, -0.2) is 72.2 Å². The first-order valence-corrected chi connectivity index (χ1v) is 8.86. The molecule has 0 radical (unpaired) electrons. The summed E-state index contributed by atoms with van der Waals surface area (Å²) in [7, 11) is 1.65. The average Bonchev–Trinajstić information content (AvgIpc) is 3.39. The Morgan fingerprint density at radius 2 is 2.12 bits per heavy atom. The van der Waals surface area contributed by atoms with Gasteiger partial charge in [-0.2, -0.15) is 0 Å². The van der Waals surface area contributed by atoms with Crippen molar-refractivity contribution in [2.45, 2.75) is 44.4 Å². The zero-order chi connectivity index (χ0) is 17.4. The van der Waals surface area contributed by atoms with E-state index in [9.17, 15) is 9.59 Å². The first kappa shape index (κ1) is 16.5. The van der Waals surface area contributed by atoms with Crippen LogP contribution in [0.2, 0.25) is 0 Å². The van der Waals surface area contributed by atoms with Crippen molar-refractivity contribution in [3.8, 4) is 0 Å². The molecular weight excluding hydrogens is 326 g/mol. The summed E-state index contributed by atoms with van der Waals surface area (Å²) in [4.78, 5) is 32.9. The Balaban J connectivity index is 1.43. The highest BCUT2D eigenvalue weighted by molar-refractivity contribution is 5.90. The van der Waals surface area contributed by atoms with E-state index in [-0.39, 0.29) is 29.9 Å². The zero-order valence-corrected chi connectivity index (χ0v) is 14.4. The highest BCUT2D eigenvalue weighted by atomic mass is 16.5. The molecule has 1 aromatic heterocycles. The highest BCUT2D eigenvalue weighted by Gasteiger charge is 2.34. The molecule has 8 nitrogen and oxygen atoms in total. The standard InChI is InChI=1S/C17H23N3O5/c1-23-11-4-6-19(9-11)17(22)15-18-12-10-20(7-5-13(12)25-15)16(21)14-3-2-8-24-14/h11,14H,2-10H2,1H3. The van der Waals surface area contributed by atoms with Crippen LogP contribution in [-0.2, 0) is 27.2 Å². The van der Waals surface area contributed by atoms with Gasteiger partial charge in [0.1, 0.15) is 17.6 Å². The van der Waals surface area contributed by atoms with Gasteiger partial charge in [-0.1, -0.05) is 0 Å². The number of amides is 2. The summed E-state index contributed by atoms with van der Waals surface area (Å²) < 4.78 is 16.5. The quantitative estimate of drug-likeness (QED) is 0.794. The van der Waals surface area contributed by atoms with Crippen LogP contribution in [0.4, 0.5) is 0 Å². The van der Waals surface area contributed by atoms with Gasteiger partial charge >= 0.3 is 5.91 Å². The van der Waals surface area contributed by atoms with Gasteiger partial charge in [0.2, 0.25) is 0 Å². The van der Waals surface area contributed by atoms with Crippen LogP contribution in [0.3, 0.4) is 0 Å². The van der Waals surface area contributed by atoms with E-state index in [1.54, 1.807) is 16.9 Å². The molecule has 0 aromatic carbocycles. The molecule has 3 aliphatic rings. The van der Waals surface area contributed by atoms with E-state index in [2.05, 4.69) is 4.98 Å². The van der Waals surface area contributed by atoms with E-state index in [0.717, 1.165) is 19.3 Å². The monoisotopic (exact) mass is 349 g/mol. The average molecular weight is 349 g/mol. The van der Waals surface area contributed by atoms with Crippen molar-refractivity contribution in [3.05, 3.63) is 17.3 Å². The van der Waals surface area contributed by atoms with E-state index < -0.39 is 0 Å². The minimum absolute atomic E-state index is 0.0153. The number of nitrogens with zero attached hydrogens (tertiary/aromatic N) is 3. The van der Waals surface area contributed by atoms with E-state index >= 15 is 0 Å². The van der Waals surface area contributed by atoms with Crippen LogP contribution in [0, 0.1) is 0 Å². The van der Waals surface area contributed by atoms with Crippen LogP contribution >= 0.6 is 0 Å². The molecule has 0 aliphatic carbocycles. The maximum absolute atomic E-state index is 12.6. The molecule has 2 atom stereocenters. The number of rotatable bonds is 3. The summed E-state index contributed by atoms with van der Waals surface area (Å²) in [5.74, 6) is 0.642. The number of carbonyl (C=O) groups excluding carboxylic acids is 2. The number of ether oxygens (including phenoxy) is 2. The van der Waals surface area contributed by atoms with Crippen LogP contribution < -0.4 is 0 Å². The van der Waals surface area contributed by atoms with Crippen molar-refractivity contribution in [1.82, 2.24) is 14.8 Å². The molecule has 3 aliphatic heterocycles. The van der Waals surface area contributed by atoms with Crippen molar-refractivity contribution in [3.63, 3.8) is 0 Å². The molecule has 2 fully saturated rings. The van der Waals surface area contributed by atoms with Gasteiger partial charge in [0, 0.05) is 39.8 Å². The number of oxazole rings is 1. The third kappa shape index (κ3) is 3.16. The fourth-order valence-corrected chi connectivity index (χ4v) is 3.69. The van der Waals surface area contributed by atoms with Crippen molar-refractivity contribution in [1.29, 1.82) is 0 Å².